The van der Waals surface area contributed by atoms with Crippen LogP contribution in [-0.2, 0) is 6.54 Å². The Hall–Kier alpha value is -3.15. The second kappa shape index (κ2) is 8.47. The maximum absolute atomic E-state index is 13.0. The number of pyridine rings is 1. The molecule has 6 heteroatoms. The van der Waals surface area contributed by atoms with E-state index in [0.29, 0.717) is 22.7 Å². The van der Waals surface area contributed by atoms with Crippen LogP contribution >= 0.6 is 0 Å². The molecule has 0 saturated heterocycles. The summed E-state index contributed by atoms with van der Waals surface area (Å²) < 4.78 is 2.19. The Morgan fingerprint density at radius 1 is 1.24 bits per heavy atom. The number of benzene rings is 1. The number of hydrogen-bond donors (Lipinski definition) is 3. The number of rotatable bonds is 7. The van der Waals surface area contributed by atoms with Crippen LogP contribution in [0, 0.1) is 19.3 Å². The van der Waals surface area contributed by atoms with E-state index >= 15 is 0 Å². The molecule has 0 atom stereocenters. The molecule has 0 unspecified atom stereocenters. The van der Waals surface area contributed by atoms with Gasteiger partial charge in [-0.2, -0.15) is 0 Å². The quantitative estimate of drug-likeness (QED) is 0.525. The summed E-state index contributed by atoms with van der Waals surface area (Å²) in [5, 5.41) is 11.4. The molecule has 29 heavy (non-hydrogen) atoms. The number of carbonyl (C=O) groups is 1. The molecule has 152 valence electrons. The van der Waals surface area contributed by atoms with Gasteiger partial charge in [-0.3, -0.25) is 9.59 Å². The lowest BCUT2D eigenvalue weighted by atomic mass is 10.0. The summed E-state index contributed by atoms with van der Waals surface area (Å²) in [7, 11) is 0. The smallest absolute Gasteiger partial charge is 0.253 e. The van der Waals surface area contributed by atoms with Crippen LogP contribution in [0.25, 0.3) is 10.9 Å². The standard InChI is InChI=1S/C23H28N4O2/c1-5-17(6-2)27-8-7-18-19(10-16(12-24)11-21(18)27)22(28)25-13-20-14(3)9-15(4)26-23(20)29/h7-12,17,24H,5-6,13H2,1-4H3,(H,25,28)(H,26,29). The summed E-state index contributed by atoms with van der Waals surface area (Å²) in [6.07, 6.45) is 5.26. The molecule has 0 fully saturated rings. The highest BCUT2D eigenvalue weighted by atomic mass is 16.1. The predicted octanol–water partition coefficient (Wildman–Crippen LogP) is 4.24. The Bertz CT molecular complexity index is 1120. The Labute approximate surface area is 170 Å². The molecule has 0 aliphatic carbocycles. The van der Waals surface area contributed by atoms with Crippen molar-refractivity contribution < 1.29 is 4.79 Å². The van der Waals surface area contributed by atoms with E-state index in [4.69, 9.17) is 5.41 Å². The molecule has 0 radical (unpaired) electrons. The molecule has 3 N–H and O–H groups in total. The van der Waals surface area contributed by atoms with Crippen molar-refractivity contribution >= 4 is 23.0 Å². The Balaban J connectivity index is 1.97. The summed E-state index contributed by atoms with van der Waals surface area (Å²) in [5.41, 5.74) is 4.17. The number of aromatic amines is 1. The van der Waals surface area contributed by atoms with Crippen molar-refractivity contribution in [3.05, 3.63) is 68.8 Å². The lowest BCUT2D eigenvalue weighted by molar-refractivity contribution is 0.0952. The zero-order chi connectivity index (χ0) is 21.1. The molecule has 1 aromatic carbocycles. The first-order valence-electron chi connectivity index (χ1n) is 10.0. The van der Waals surface area contributed by atoms with Crippen LogP contribution in [-0.4, -0.2) is 21.7 Å². The largest absolute Gasteiger partial charge is 0.348 e. The number of aromatic nitrogens is 2. The van der Waals surface area contributed by atoms with Gasteiger partial charge in [0.25, 0.3) is 11.5 Å². The zero-order valence-electron chi connectivity index (χ0n) is 17.4. The first-order valence-corrected chi connectivity index (χ1v) is 10.0. The number of hydrogen-bond acceptors (Lipinski definition) is 3. The lowest BCUT2D eigenvalue weighted by Gasteiger charge is -2.17. The molecule has 2 heterocycles. The fourth-order valence-electron chi connectivity index (χ4n) is 3.92. The fourth-order valence-corrected chi connectivity index (χ4v) is 3.92. The number of H-pyrrole nitrogens is 1. The Kier molecular flexibility index (Phi) is 6.01. The summed E-state index contributed by atoms with van der Waals surface area (Å²) in [4.78, 5) is 28.0. The average Bonchev–Trinajstić information content (AvgIpc) is 3.11. The molecule has 2 aromatic heterocycles. The Morgan fingerprint density at radius 3 is 2.59 bits per heavy atom. The van der Waals surface area contributed by atoms with E-state index in [-0.39, 0.29) is 18.0 Å². The van der Waals surface area contributed by atoms with Gasteiger partial charge in [-0.05, 0) is 62.1 Å². The topological polar surface area (TPSA) is 90.7 Å². The molecule has 0 bridgehead atoms. The molecule has 0 aliphatic heterocycles. The Morgan fingerprint density at radius 2 is 1.97 bits per heavy atom. The summed E-state index contributed by atoms with van der Waals surface area (Å²) in [6.45, 7) is 8.16. The molecule has 0 saturated carbocycles. The van der Waals surface area contributed by atoms with Crippen LogP contribution in [0.2, 0.25) is 0 Å². The van der Waals surface area contributed by atoms with Gasteiger partial charge in [0.05, 0.1) is 0 Å². The summed E-state index contributed by atoms with van der Waals surface area (Å²) >= 11 is 0. The molecule has 0 spiro atoms. The van der Waals surface area contributed by atoms with Crippen LogP contribution in [0.4, 0.5) is 0 Å². The maximum atomic E-state index is 13.0. The van der Waals surface area contributed by atoms with Crippen molar-refractivity contribution in [1.82, 2.24) is 14.9 Å². The third-order valence-electron chi connectivity index (χ3n) is 5.53. The van der Waals surface area contributed by atoms with E-state index in [2.05, 4.69) is 28.7 Å². The minimum atomic E-state index is -0.250. The van der Waals surface area contributed by atoms with Crippen molar-refractivity contribution in [2.45, 2.75) is 53.1 Å². The lowest BCUT2D eigenvalue weighted by Crippen LogP contribution is -2.28. The minimum Gasteiger partial charge on any atom is -0.348 e. The molecule has 6 nitrogen and oxygen atoms in total. The average molecular weight is 393 g/mol. The van der Waals surface area contributed by atoms with Gasteiger partial charge in [-0.15, -0.1) is 0 Å². The number of nitrogens with one attached hydrogen (secondary N) is 3. The summed E-state index contributed by atoms with van der Waals surface area (Å²) in [6, 6.07) is 7.88. The van der Waals surface area contributed by atoms with Gasteiger partial charge in [0, 0.05) is 52.7 Å². The SMILES string of the molecule is CCC(CC)n1ccc2c(C(=O)NCc3c(C)cc(C)[nH]c3=O)cc(C=N)cc21. The van der Waals surface area contributed by atoms with Crippen molar-refractivity contribution in [2.24, 2.45) is 0 Å². The van der Waals surface area contributed by atoms with E-state index in [9.17, 15) is 9.59 Å². The van der Waals surface area contributed by atoms with Crippen LogP contribution in [0.5, 0.6) is 0 Å². The van der Waals surface area contributed by atoms with Crippen LogP contribution in [0.15, 0.2) is 35.3 Å². The van der Waals surface area contributed by atoms with Gasteiger partial charge in [0.2, 0.25) is 0 Å². The van der Waals surface area contributed by atoms with E-state index in [1.165, 1.54) is 6.21 Å². The van der Waals surface area contributed by atoms with Crippen molar-refractivity contribution in [3.63, 3.8) is 0 Å². The van der Waals surface area contributed by atoms with Gasteiger partial charge in [0.1, 0.15) is 0 Å². The van der Waals surface area contributed by atoms with Gasteiger partial charge >= 0.3 is 0 Å². The first-order chi connectivity index (χ1) is 13.9. The number of aryl methyl sites for hydroxylation is 2. The van der Waals surface area contributed by atoms with Crippen molar-refractivity contribution in [2.75, 3.05) is 0 Å². The third kappa shape index (κ3) is 4.01. The minimum absolute atomic E-state index is 0.157. The molecule has 1 amide bonds. The van der Waals surface area contributed by atoms with Crippen LogP contribution in [0.1, 0.15) is 65.5 Å². The molecular formula is C23H28N4O2. The van der Waals surface area contributed by atoms with Crippen molar-refractivity contribution in [1.29, 1.82) is 5.41 Å². The van der Waals surface area contributed by atoms with Crippen LogP contribution in [0.3, 0.4) is 0 Å². The van der Waals surface area contributed by atoms with Gasteiger partial charge in [-0.25, -0.2) is 0 Å². The first kappa shape index (κ1) is 20.6. The number of nitrogens with zero attached hydrogens (tertiary/aromatic N) is 1. The number of fused-ring (bicyclic) bond motifs is 1. The predicted molar refractivity (Wildman–Crippen MR) is 117 cm³/mol. The highest BCUT2D eigenvalue weighted by Crippen LogP contribution is 2.28. The number of amides is 1. The van der Waals surface area contributed by atoms with E-state index < -0.39 is 0 Å². The molecule has 3 rings (SSSR count). The van der Waals surface area contributed by atoms with Crippen LogP contribution < -0.4 is 10.9 Å². The molecular weight excluding hydrogens is 364 g/mol. The number of carbonyl (C=O) groups excluding carboxylic acids is 1. The maximum Gasteiger partial charge on any atom is 0.253 e. The summed E-state index contributed by atoms with van der Waals surface area (Å²) in [5.74, 6) is -0.250. The van der Waals surface area contributed by atoms with Crippen molar-refractivity contribution in [3.8, 4) is 0 Å². The second-order valence-electron chi connectivity index (χ2n) is 7.46. The monoisotopic (exact) mass is 392 g/mol. The molecule has 0 aliphatic rings. The van der Waals surface area contributed by atoms with E-state index in [1.54, 1.807) is 6.07 Å². The van der Waals surface area contributed by atoms with Gasteiger partial charge in [0.15, 0.2) is 0 Å². The third-order valence-corrected chi connectivity index (χ3v) is 5.53. The fraction of sp³-hybridized carbons (Fsp3) is 0.348. The van der Waals surface area contributed by atoms with E-state index in [1.807, 2.05) is 38.2 Å². The molecule has 3 aromatic rings. The highest BCUT2D eigenvalue weighted by molar-refractivity contribution is 6.08. The second-order valence-corrected chi connectivity index (χ2v) is 7.46. The van der Waals surface area contributed by atoms with Gasteiger partial charge in [-0.1, -0.05) is 13.8 Å². The van der Waals surface area contributed by atoms with Gasteiger partial charge < -0.3 is 20.3 Å². The normalized spacial score (nSPS) is 11.2. The highest BCUT2D eigenvalue weighted by Gasteiger charge is 2.17. The zero-order valence-corrected chi connectivity index (χ0v) is 17.4. The van der Waals surface area contributed by atoms with E-state index in [0.717, 1.165) is 35.0 Å².